The molecule has 3 nitrogen and oxygen atoms in total. The minimum atomic E-state index is 0.166. The molecule has 1 saturated carbocycles. The quantitative estimate of drug-likeness (QED) is 0.748. The smallest absolute Gasteiger partial charge is 0.0802 e. The van der Waals surface area contributed by atoms with E-state index in [4.69, 9.17) is 4.74 Å². The molecule has 1 N–H and O–H groups in total. The molecule has 0 aromatic carbocycles. The molecule has 2 rings (SSSR count). The van der Waals surface area contributed by atoms with Gasteiger partial charge in [0.25, 0.3) is 0 Å². The molecule has 0 radical (unpaired) electrons. The van der Waals surface area contributed by atoms with Crippen LogP contribution in [0.4, 0.5) is 0 Å². The summed E-state index contributed by atoms with van der Waals surface area (Å²) in [7, 11) is 1.86. The molecule has 110 valence electrons. The Kier molecular flexibility index (Phi) is 5.43. The highest BCUT2D eigenvalue weighted by Crippen LogP contribution is 2.34. The molecule has 0 amide bonds. The van der Waals surface area contributed by atoms with Crippen LogP contribution in [0.2, 0.25) is 0 Å². The van der Waals surface area contributed by atoms with E-state index < -0.39 is 0 Å². The molecule has 19 heavy (non-hydrogen) atoms. The van der Waals surface area contributed by atoms with E-state index in [0.29, 0.717) is 6.04 Å². The predicted molar refractivity (Wildman–Crippen MR) is 80.5 cm³/mol. The second-order valence-corrected chi connectivity index (χ2v) is 6.48. The molecule has 3 heteroatoms. The molecule has 0 aromatic rings. The third-order valence-corrected chi connectivity index (χ3v) is 4.76. The average Bonchev–Trinajstić information content (AvgIpc) is 2.37. The summed E-state index contributed by atoms with van der Waals surface area (Å²) in [5.74, 6) is 0. The fourth-order valence-electron chi connectivity index (χ4n) is 2.99. The molecule has 1 saturated heterocycles. The minimum Gasteiger partial charge on any atom is -0.377 e. The second-order valence-electron chi connectivity index (χ2n) is 6.48. The number of nitrogens with zero attached hydrogens (tertiary/aromatic N) is 1. The van der Waals surface area contributed by atoms with Crippen molar-refractivity contribution in [1.82, 2.24) is 10.2 Å². The van der Waals surface area contributed by atoms with Crippen molar-refractivity contribution in [1.29, 1.82) is 0 Å². The van der Waals surface area contributed by atoms with Gasteiger partial charge in [0.15, 0.2) is 0 Å². The van der Waals surface area contributed by atoms with E-state index in [1.165, 1.54) is 50.8 Å². The van der Waals surface area contributed by atoms with Crippen LogP contribution >= 0.6 is 0 Å². The molecular weight excluding hydrogens is 236 g/mol. The van der Waals surface area contributed by atoms with Gasteiger partial charge in [0.1, 0.15) is 0 Å². The molecule has 0 aromatic heterocycles. The van der Waals surface area contributed by atoms with Gasteiger partial charge in [-0.05, 0) is 59.0 Å². The average molecular weight is 266 g/mol. The Balaban J connectivity index is 1.65. The van der Waals surface area contributed by atoms with Gasteiger partial charge in [0, 0.05) is 26.2 Å². The van der Waals surface area contributed by atoms with Crippen molar-refractivity contribution >= 4 is 0 Å². The zero-order valence-corrected chi connectivity index (χ0v) is 12.9. The van der Waals surface area contributed by atoms with Crippen LogP contribution < -0.4 is 5.32 Å². The molecule has 0 bridgehead atoms. The van der Waals surface area contributed by atoms with Crippen molar-refractivity contribution in [3.05, 3.63) is 11.6 Å². The third kappa shape index (κ3) is 4.30. The lowest BCUT2D eigenvalue weighted by Crippen LogP contribution is -2.52. The lowest BCUT2D eigenvalue weighted by molar-refractivity contribution is -0.0716. The summed E-state index contributed by atoms with van der Waals surface area (Å²) in [5, 5.41) is 3.73. The Bertz CT molecular complexity index is 292. The largest absolute Gasteiger partial charge is 0.377 e. The van der Waals surface area contributed by atoms with Crippen molar-refractivity contribution < 1.29 is 4.74 Å². The summed E-state index contributed by atoms with van der Waals surface area (Å²) < 4.78 is 5.67. The summed E-state index contributed by atoms with van der Waals surface area (Å²) in [5.41, 5.74) is 1.59. The van der Waals surface area contributed by atoms with Gasteiger partial charge in [-0.2, -0.15) is 0 Å². The third-order valence-electron chi connectivity index (χ3n) is 4.76. The number of hydrogen-bond acceptors (Lipinski definition) is 3. The fourth-order valence-corrected chi connectivity index (χ4v) is 2.99. The van der Waals surface area contributed by atoms with Crippen molar-refractivity contribution in [2.24, 2.45) is 0 Å². The SMILES string of the molecule is COC1(CNC2CCN(CC=C(C)C)CC2)CCC1. The number of likely N-dealkylation sites (tertiary alicyclic amines) is 1. The zero-order chi connectivity index (χ0) is 13.7. The van der Waals surface area contributed by atoms with Crippen molar-refractivity contribution in [2.45, 2.75) is 57.6 Å². The van der Waals surface area contributed by atoms with Gasteiger partial charge >= 0.3 is 0 Å². The van der Waals surface area contributed by atoms with Gasteiger partial charge in [-0.15, -0.1) is 0 Å². The number of piperidine rings is 1. The van der Waals surface area contributed by atoms with E-state index in [2.05, 4.69) is 30.1 Å². The second kappa shape index (κ2) is 6.87. The maximum Gasteiger partial charge on any atom is 0.0802 e. The molecule has 0 atom stereocenters. The van der Waals surface area contributed by atoms with Gasteiger partial charge < -0.3 is 10.1 Å². The van der Waals surface area contributed by atoms with E-state index in [1.807, 2.05) is 7.11 Å². The van der Waals surface area contributed by atoms with Gasteiger partial charge in [0.2, 0.25) is 0 Å². The van der Waals surface area contributed by atoms with Crippen LogP contribution in [0.25, 0.3) is 0 Å². The van der Waals surface area contributed by atoms with Gasteiger partial charge in [-0.1, -0.05) is 11.6 Å². The molecule has 0 unspecified atom stereocenters. The molecule has 2 fully saturated rings. The summed E-state index contributed by atoms with van der Waals surface area (Å²) in [6.07, 6.45) is 8.68. The maximum absolute atomic E-state index is 5.67. The van der Waals surface area contributed by atoms with Crippen LogP contribution in [0.1, 0.15) is 46.0 Å². The first-order valence-electron chi connectivity index (χ1n) is 7.78. The van der Waals surface area contributed by atoms with E-state index in [9.17, 15) is 0 Å². The Hall–Kier alpha value is -0.380. The van der Waals surface area contributed by atoms with E-state index in [0.717, 1.165) is 13.1 Å². The highest BCUT2D eigenvalue weighted by Gasteiger charge is 2.37. The first kappa shape index (κ1) is 15.0. The highest BCUT2D eigenvalue weighted by atomic mass is 16.5. The Morgan fingerprint density at radius 3 is 2.47 bits per heavy atom. The van der Waals surface area contributed by atoms with Crippen molar-refractivity contribution in [3.8, 4) is 0 Å². The first-order chi connectivity index (χ1) is 9.13. The standard InChI is InChI=1S/C16H30N2O/c1-14(2)5-10-18-11-6-15(7-12-18)17-13-16(19-3)8-4-9-16/h5,15,17H,4,6-13H2,1-3H3. The van der Waals surface area contributed by atoms with E-state index >= 15 is 0 Å². The summed E-state index contributed by atoms with van der Waals surface area (Å²) in [6.45, 7) is 8.97. The number of methoxy groups -OCH3 is 1. The van der Waals surface area contributed by atoms with Crippen LogP contribution in [-0.2, 0) is 4.74 Å². The van der Waals surface area contributed by atoms with Crippen LogP contribution in [0.5, 0.6) is 0 Å². The first-order valence-corrected chi connectivity index (χ1v) is 7.78. The summed E-state index contributed by atoms with van der Waals surface area (Å²) >= 11 is 0. The lowest BCUT2D eigenvalue weighted by atomic mass is 9.79. The molecule has 2 aliphatic rings. The number of rotatable bonds is 6. The van der Waals surface area contributed by atoms with Crippen LogP contribution in [-0.4, -0.2) is 49.8 Å². The number of hydrogen-bond donors (Lipinski definition) is 1. The van der Waals surface area contributed by atoms with Crippen LogP contribution in [0, 0.1) is 0 Å². The topological polar surface area (TPSA) is 24.5 Å². The van der Waals surface area contributed by atoms with Crippen molar-refractivity contribution in [2.75, 3.05) is 33.3 Å². The lowest BCUT2D eigenvalue weighted by Gasteiger charge is -2.42. The Labute approximate surface area is 118 Å². The summed E-state index contributed by atoms with van der Waals surface area (Å²) in [6, 6.07) is 0.690. The number of ether oxygens (including phenoxy) is 1. The van der Waals surface area contributed by atoms with Crippen molar-refractivity contribution in [3.63, 3.8) is 0 Å². The molecule has 0 spiro atoms. The van der Waals surface area contributed by atoms with Crippen LogP contribution in [0.15, 0.2) is 11.6 Å². The summed E-state index contributed by atoms with van der Waals surface area (Å²) in [4.78, 5) is 2.56. The van der Waals surface area contributed by atoms with Gasteiger partial charge in [0.05, 0.1) is 5.60 Å². The normalized spacial score (nSPS) is 23.9. The molecular formula is C16H30N2O. The molecule has 1 heterocycles. The van der Waals surface area contributed by atoms with Crippen LogP contribution in [0.3, 0.4) is 0 Å². The molecule has 1 aliphatic carbocycles. The van der Waals surface area contributed by atoms with Gasteiger partial charge in [-0.25, -0.2) is 0 Å². The van der Waals surface area contributed by atoms with Gasteiger partial charge in [-0.3, -0.25) is 4.90 Å². The van der Waals surface area contributed by atoms with E-state index in [-0.39, 0.29) is 5.60 Å². The zero-order valence-electron chi connectivity index (χ0n) is 12.9. The van der Waals surface area contributed by atoms with E-state index in [1.54, 1.807) is 0 Å². The number of nitrogens with one attached hydrogen (secondary N) is 1. The number of allylic oxidation sites excluding steroid dienone is 1. The maximum atomic E-state index is 5.67. The fraction of sp³-hybridized carbons (Fsp3) is 0.875. The Morgan fingerprint density at radius 2 is 2.00 bits per heavy atom. The monoisotopic (exact) mass is 266 g/mol. The Morgan fingerprint density at radius 1 is 1.32 bits per heavy atom. The predicted octanol–water partition coefficient (Wildman–Crippen LogP) is 2.58. The molecule has 1 aliphatic heterocycles. The minimum absolute atomic E-state index is 0.166. The highest BCUT2D eigenvalue weighted by molar-refractivity contribution is 4.96.